The number of morpholine rings is 1. The van der Waals surface area contributed by atoms with E-state index in [-0.39, 0.29) is 42.9 Å². The zero-order valence-electron chi connectivity index (χ0n) is 13.6. The van der Waals surface area contributed by atoms with Gasteiger partial charge in [-0.1, -0.05) is 0 Å². The summed E-state index contributed by atoms with van der Waals surface area (Å²) < 4.78 is 10.7. The van der Waals surface area contributed by atoms with Gasteiger partial charge in [0.25, 0.3) is 0 Å². The summed E-state index contributed by atoms with van der Waals surface area (Å²) in [5.41, 5.74) is 0. The quantitative estimate of drug-likeness (QED) is 0.788. The number of halogens is 2. The Morgan fingerprint density at radius 2 is 2.05 bits per heavy atom. The number of nitrogens with zero attached hydrogens (tertiary/aromatic N) is 2. The fourth-order valence-corrected chi connectivity index (χ4v) is 2.94. The number of hydrogen-bond donors (Lipinski definition) is 1. The van der Waals surface area contributed by atoms with E-state index in [0.717, 1.165) is 39.3 Å². The molecule has 0 spiro atoms. The fourth-order valence-electron chi connectivity index (χ4n) is 2.94. The molecule has 0 aromatic carbocycles. The minimum atomic E-state index is -0.193. The first-order valence-corrected chi connectivity index (χ1v) is 7.50. The van der Waals surface area contributed by atoms with Crippen LogP contribution in [-0.4, -0.2) is 86.9 Å². The Hall–Kier alpha value is -0.110. The molecule has 6 nitrogen and oxygen atoms in total. The number of amides is 1. The first-order chi connectivity index (χ1) is 9.63. The van der Waals surface area contributed by atoms with Crippen LogP contribution in [0.4, 0.5) is 0 Å². The van der Waals surface area contributed by atoms with Crippen LogP contribution in [0.15, 0.2) is 0 Å². The maximum atomic E-state index is 12.6. The standard InChI is InChI=1S/C14H27N3O3.2ClH/c1-11-10-17(6-5-16(11)7-9-19-3)14(18)13-12(2)20-8-4-15-13;;/h11-13,15H,4-10H2,1-3H3;2*1H/t11?,12-,13+;;/m1../s1. The van der Waals surface area contributed by atoms with E-state index in [1.165, 1.54) is 0 Å². The molecule has 2 aliphatic heterocycles. The third kappa shape index (κ3) is 5.51. The summed E-state index contributed by atoms with van der Waals surface area (Å²) in [6.07, 6.45) is -0.0434. The van der Waals surface area contributed by atoms with Crippen LogP contribution in [0.25, 0.3) is 0 Å². The molecule has 1 amide bonds. The van der Waals surface area contributed by atoms with Crippen molar-refractivity contribution in [3.8, 4) is 0 Å². The van der Waals surface area contributed by atoms with Crippen LogP contribution in [0.5, 0.6) is 0 Å². The largest absolute Gasteiger partial charge is 0.383 e. The monoisotopic (exact) mass is 357 g/mol. The Bertz CT molecular complexity index is 336. The van der Waals surface area contributed by atoms with Gasteiger partial charge >= 0.3 is 0 Å². The lowest BCUT2D eigenvalue weighted by Crippen LogP contribution is -2.61. The summed E-state index contributed by atoms with van der Waals surface area (Å²) >= 11 is 0. The van der Waals surface area contributed by atoms with Gasteiger partial charge < -0.3 is 19.7 Å². The van der Waals surface area contributed by atoms with Gasteiger partial charge in [-0.2, -0.15) is 0 Å². The summed E-state index contributed by atoms with van der Waals surface area (Å²) in [6.45, 7) is 9.74. The average Bonchev–Trinajstić information content (AvgIpc) is 2.46. The zero-order valence-corrected chi connectivity index (χ0v) is 15.3. The lowest BCUT2D eigenvalue weighted by Gasteiger charge is -2.42. The molecule has 8 heteroatoms. The molecule has 22 heavy (non-hydrogen) atoms. The Morgan fingerprint density at radius 1 is 1.32 bits per heavy atom. The highest BCUT2D eigenvalue weighted by molar-refractivity contribution is 5.85. The van der Waals surface area contributed by atoms with Crippen molar-refractivity contribution in [3.63, 3.8) is 0 Å². The summed E-state index contributed by atoms with van der Waals surface area (Å²) in [7, 11) is 1.72. The van der Waals surface area contributed by atoms with Gasteiger partial charge in [0.2, 0.25) is 5.91 Å². The van der Waals surface area contributed by atoms with E-state index >= 15 is 0 Å². The molecule has 2 aliphatic rings. The first-order valence-electron chi connectivity index (χ1n) is 7.50. The summed E-state index contributed by atoms with van der Waals surface area (Å²) in [5, 5.41) is 3.28. The van der Waals surface area contributed by atoms with Crippen LogP contribution in [0.1, 0.15) is 13.8 Å². The van der Waals surface area contributed by atoms with Crippen molar-refractivity contribution in [1.82, 2.24) is 15.1 Å². The van der Waals surface area contributed by atoms with Crippen molar-refractivity contribution in [2.75, 3.05) is 53.0 Å². The molecule has 0 saturated carbocycles. The Labute approximate surface area is 145 Å². The number of ether oxygens (including phenoxy) is 2. The van der Waals surface area contributed by atoms with E-state index in [1.807, 2.05) is 11.8 Å². The highest BCUT2D eigenvalue weighted by Gasteiger charge is 2.34. The second-order valence-electron chi connectivity index (χ2n) is 5.67. The zero-order chi connectivity index (χ0) is 14.5. The molecular formula is C14H29Cl2N3O3. The molecule has 1 unspecified atom stereocenters. The third-order valence-corrected chi connectivity index (χ3v) is 4.24. The van der Waals surface area contributed by atoms with E-state index in [4.69, 9.17) is 9.47 Å². The van der Waals surface area contributed by atoms with Gasteiger partial charge in [-0.15, -0.1) is 24.8 Å². The lowest BCUT2D eigenvalue weighted by atomic mass is 10.1. The van der Waals surface area contributed by atoms with Crippen molar-refractivity contribution in [2.24, 2.45) is 0 Å². The third-order valence-electron chi connectivity index (χ3n) is 4.24. The number of methoxy groups -OCH3 is 1. The van der Waals surface area contributed by atoms with Crippen molar-refractivity contribution in [3.05, 3.63) is 0 Å². The molecule has 0 bridgehead atoms. The number of rotatable bonds is 4. The van der Waals surface area contributed by atoms with E-state index < -0.39 is 0 Å². The normalized spacial score (nSPS) is 29.4. The van der Waals surface area contributed by atoms with Gasteiger partial charge in [-0.25, -0.2) is 0 Å². The van der Waals surface area contributed by atoms with Gasteiger partial charge in [-0.05, 0) is 13.8 Å². The molecule has 2 saturated heterocycles. The molecule has 2 fully saturated rings. The number of nitrogens with one attached hydrogen (secondary N) is 1. The number of hydrogen-bond acceptors (Lipinski definition) is 5. The predicted octanol–water partition coefficient (Wildman–Crippen LogP) is 0.386. The van der Waals surface area contributed by atoms with Crippen molar-refractivity contribution < 1.29 is 14.3 Å². The lowest BCUT2D eigenvalue weighted by molar-refractivity contribution is -0.142. The molecule has 132 valence electrons. The average molecular weight is 358 g/mol. The van der Waals surface area contributed by atoms with E-state index in [2.05, 4.69) is 17.1 Å². The summed E-state index contributed by atoms with van der Waals surface area (Å²) in [4.78, 5) is 16.9. The second-order valence-corrected chi connectivity index (χ2v) is 5.67. The molecular weight excluding hydrogens is 329 g/mol. The predicted molar refractivity (Wildman–Crippen MR) is 91.2 cm³/mol. The highest BCUT2D eigenvalue weighted by Crippen LogP contribution is 2.13. The van der Waals surface area contributed by atoms with Gasteiger partial charge in [0.15, 0.2) is 0 Å². The molecule has 0 aromatic heterocycles. The summed E-state index contributed by atoms with van der Waals surface area (Å²) in [6, 6.07) is 0.184. The van der Waals surface area contributed by atoms with Gasteiger partial charge in [0.05, 0.1) is 19.3 Å². The van der Waals surface area contributed by atoms with Crippen LogP contribution >= 0.6 is 24.8 Å². The van der Waals surface area contributed by atoms with Crippen molar-refractivity contribution in [1.29, 1.82) is 0 Å². The van der Waals surface area contributed by atoms with E-state index in [1.54, 1.807) is 7.11 Å². The van der Waals surface area contributed by atoms with Gasteiger partial charge in [-0.3, -0.25) is 9.69 Å². The van der Waals surface area contributed by atoms with Crippen LogP contribution in [0.2, 0.25) is 0 Å². The Morgan fingerprint density at radius 3 is 2.64 bits per heavy atom. The summed E-state index contributed by atoms with van der Waals surface area (Å²) in [5.74, 6) is 0.176. The minimum absolute atomic E-state index is 0. The molecule has 2 rings (SSSR count). The second kappa shape index (κ2) is 10.6. The molecule has 1 N–H and O–H groups in total. The van der Waals surface area contributed by atoms with Crippen molar-refractivity contribution >= 4 is 30.7 Å². The van der Waals surface area contributed by atoms with Crippen molar-refractivity contribution in [2.45, 2.75) is 32.0 Å². The van der Waals surface area contributed by atoms with Crippen LogP contribution in [-0.2, 0) is 14.3 Å². The van der Waals surface area contributed by atoms with Gasteiger partial charge in [0.1, 0.15) is 6.04 Å². The molecule has 0 aliphatic carbocycles. The molecule has 3 atom stereocenters. The molecule has 0 radical (unpaired) electrons. The van der Waals surface area contributed by atoms with Gasteiger partial charge in [0, 0.05) is 45.9 Å². The first kappa shape index (κ1) is 21.9. The Balaban J connectivity index is 0.00000220. The minimum Gasteiger partial charge on any atom is -0.383 e. The molecule has 0 aromatic rings. The molecule has 2 heterocycles. The SMILES string of the molecule is COCCN1CCN(C(=O)[C@H]2NCCO[C@@H]2C)CC1C.Cl.Cl. The van der Waals surface area contributed by atoms with E-state index in [9.17, 15) is 4.79 Å². The topological polar surface area (TPSA) is 54.0 Å². The smallest absolute Gasteiger partial charge is 0.242 e. The number of carbonyl (C=O) groups is 1. The Kier molecular flexibility index (Phi) is 10.6. The number of piperazine rings is 1. The highest BCUT2D eigenvalue weighted by atomic mass is 35.5. The van der Waals surface area contributed by atoms with Crippen LogP contribution in [0.3, 0.4) is 0 Å². The van der Waals surface area contributed by atoms with Crippen LogP contribution < -0.4 is 5.32 Å². The van der Waals surface area contributed by atoms with E-state index in [0.29, 0.717) is 12.6 Å². The van der Waals surface area contributed by atoms with Crippen LogP contribution in [0, 0.1) is 0 Å². The maximum Gasteiger partial charge on any atom is 0.242 e. The fraction of sp³-hybridized carbons (Fsp3) is 0.929. The number of carbonyl (C=O) groups excluding carboxylic acids is 1. The maximum absolute atomic E-state index is 12.6.